The number of carbonyl (C=O) groups is 1. The first kappa shape index (κ1) is 15.4. The standard InChI is InChI=1S/C14H27NO3/c1-4-15-14(3,13(16)17)10-11(2)18-9-8-12-6-5-7-12/h11-12,15H,4-10H2,1-3H3,(H,16,17). The minimum Gasteiger partial charge on any atom is -0.480 e. The molecule has 2 N–H and O–H groups in total. The average Bonchev–Trinajstić information content (AvgIpc) is 2.21. The van der Waals surface area contributed by atoms with Crippen LogP contribution < -0.4 is 5.32 Å². The van der Waals surface area contributed by atoms with Gasteiger partial charge in [0.05, 0.1) is 6.10 Å². The average molecular weight is 257 g/mol. The van der Waals surface area contributed by atoms with E-state index in [1.807, 2.05) is 13.8 Å². The van der Waals surface area contributed by atoms with Gasteiger partial charge < -0.3 is 15.2 Å². The molecule has 2 atom stereocenters. The zero-order valence-electron chi connectivity index (χ0n) is 11.9. The molecule has 0 aromatic heterocycles. The largest absolute Gasteiger partial charge is 0.480 e. The molecule has 1 saturated carbocycles. The van der Waals surface area contributed by atoms with Gasteiger partial charge in [0, 0.05) is 13.0 Å². The highest BCUT2D eigenvalue weighted by Crippen LogP contribution is 2.29. The van der Waals surface area contributed by atoms with Gasteiger partial charge in [-0.1, -0.05) is 26.2 Å². The summed E-state index contributed by atoms with van der Waals surface area (Å²) < 4.78 is 5.74. The Balaban J connectivity index is 2.26. The summed E-state index contributed by atoms with van der Waals surface area (Å²) in [4.78, 5) is 11.3. The van der Waals surface area contributed by atoms with Crippen molar-refractivity contribution in [2.45, 2.75) is 64.5 Å². The second kappa shape index (κ2) is 7.10. The van der Waals surface area contributed by atoms with Crippen LogP contribution in [0.3, 0.4) is 0 Å². The van der Waals surface area contributed by atoms with E-state index in [-0.39, 0.29) is 6.10 Å². The lowest BCUT2D eigenvalue weighted by molar-refractivity contribution is -0.145. The van der Waals surface area contributed by atoms with E-state index < -0.39 is 11.5 Å². The molecule has 18 heavy (non-hydrogen) atoms. The van der Waals surface area contributed by atoms with Crippen LogP contribution in [0.5, 0.6) is 0 Å². The third kappa shape index (κ3) is 4.58. The van der Waals surface area contributed by atoms with E-state index in [9.17, 15) is 9.90 Å². The van der Waals surface area contributed by atoms with Gasteiger partial charge in [0.2, 0.25) is 0 Å². The summed E-state index contributed by atoms with van der Waals surface area (Å²) in [5.74, 6) is 0.0376. The van der Waals surface area contributed by atoms with Crippen LogP contribution in [0.2, 0.25) is 0 Å². The fourth-order valence-corrected chi connectivity index (χ4v) is 2.48. The molecule has 106 valence electrons. The Bertz CT molecular complexity index is 266. The van der Waals surface area contributed by atoms with E-state index in [0.717, 1.165) is 18.9 Å². The third-order valence-corrected chi connectivity index (χ3v) is 3.89. The van der Waals surface area contributed by atoms with Crippen molar-refractivity contribution in [2.24, 2.45) is 5.92 Å². The predicted molar refractivity (Wildman–Crippen MR) is 71.7 cm³/mol. The van der Waals surface area contributed by atoms with Gasteiger partial charge in [0.1, 0.15) is 5.54 Å². The number of ether oxygens (including phenoxy) is 1. The molecule has 0 saturated heterocycles. The van der Waals surface area contributed by atoms with E-state index >= 15 is 0 Å². The maximum absolute atomic E-state index is 11.3. The first-order chi connectivity index (χ1) is 8.48. The summed E-state index contributed by atoms with van der Waals surface area (Å²) in [5.41, 5.74) is -0.884. The predicted octanol–water partition coefficient (Wildman–Crippen LogP) is 2.42. The van der Waals surface area contributed by atoms with Crippen molar-refractivity contribution in [1.29, 1.82) is 0 Å². The quantitative estimate of drug-likeness (QED) is 0.666. The second-order valence-corrected chi connectivity index (χ2v) is 5.64. The lowest BCUT2D eigenvalue weighted by Crippen LogP contribution is -2.51. The Labute approximate surface area is 110 Å². The van der Waals surface area contributed by atoms with E-state index in [1.54, 1.807) is 6.92 Å². The van der Waals surface area contributed by atoms with Gasteiger partial charge in [-0.25, -0.2) is 0 Å². The molecule has 0 bridgehead atoms. The summed E-state index contributed by atoms with van der Waals surface area (Å²) >= 11 is 0. The van der Waals surface area contributed by atoms with Crippen LogP contribution in [0, 0.1) is 5.92 Å². The molecule has 4 heteroatoms. The minimum absolute atomic E-state index is 0.0229. The van der Waals surface area contributed by atoms with Crippen molar-refractivity contribution in [3.05, 3.63) is 0 Å². The Morgan fingerprint density at radius 3 is 2.67 bits per heavy atom. The smallest absolute Gasteiger partial charge is 0.323 e. The summed E-state index contributed by atoms with van der Waals surface area (Å²) in [7, 11) is 0. The Hall–Kier alpha value is -0.610. The van der Waals surface area contributed by atoms with Gasteiger partial charge in [0.25, 0.3) is 0 Å². The Kier molecular flexibility index (Phi) is 6.09. The van der Waals surface area contributed by atoms with Crippen molar-refractivity contribution in [3.63, 3.8) is 0 Å². The fraction of sp³-hybridized carbons (Fsp3) is 0.929. The summed E-state index contributed by atoms with van der Waals surface area (Å²) in [6.45, 7) is 7.01. The molecule has 4 nitrogen and oxygen atoms in total. The van der Waals surface area contributed by atoms with Gasteiger partial charge in [-0.05, 0) is 32.7 Å². The Morgan fingerprint density at radius 1 is 1.56 bits per heavy atom. The number of hydrogen-bond acceptors (Lipinski definition) is 3. The number of carboxylic acids is 1. The molecular weight excluding hydrogens is 230 g/mol. The highest BCUT2D eigenvalue weighted by Gasteiger charge is 2.34. The Morgan fingerprint density at radius 2 is 2.22 bits per heavy atom. The molecule has 2 unspecified atom stereocenters. The summed E-state index contributed by atoms with van der Waals surface area (Å²) in [6.07, 6.45) is 5.63. The van der Waals surface area contributed by atoms with Crippen LogP contribution in [-0.4, -0.2) is 35.9 Å². The van der Waals surface area contributed by atoms with Crippen molar-refractivity contribution in [2.75, 3.05) is 13.2 Å². The number of likely N-dealkylation sites (N-methyl/N-ethyl adjacent to an activating group) is 1. The van der Waals surface area contributed by atoms with Crippen LogP contribution in [0.1, 0.15) is 52.9 Å². The topological polar surface area (TPSA) is 58.6 Å². The molecule has 1 rings (SSSR count). The lowest BCUT2D eigenvalue weighted by atomic mass is 9.83. The van der Waals surface area contributed by atoms with Gasteiger partial charge in [-0.2, -0.15) is 0 Å². The number of rotatable bonds is 9. The first-order valence-electron chi connectivity index (χ1n) is 7.08. The van der Waals surface area contributed by atoms with Crippen molar-refractivity contribution < 1.29 is 14.6 Å². The molecule has 1 aliphatic rings. The monoisotopic (exact) mass is 257 g/mol. The van der Waals surface area contributed by atoms with Gasteiger partial charge in [-0.15, -0.1) is 0 Å². The normalized spacial score (nSPS) is 21.1. The van der Waals surface area contributed by atoms with E-state index in [1.165, 1.54) is 19.3 Å². The van der Waals surface area contributed by atoms with E-state index in [4.69, 9.17) is 4.74 Å². The molecule has 1 fully saturated rings. The minimum atomic E-state index is -0.884. The molecule has 0 aliphatic heterocycles. The van der Waals surface area contributed by atoms with Crippen molar-refractivity contribution in [1.82, 2.24) is 5.32 Å². The van der Waals surface area contributed by atoms with Crippen LogP contribution in [0.25, 0.3) is 0 Å². The fourth-order valence-electron chi connectivity index (χ4n) is 2.48. The van der Waals surface area contributed by atoms with Crippen LogP contribution in [0.4, 0.5) is 0 Å². The van der Waals surface area contributed by atoms with Gasteiger partial charge in [-0.3, -0.25) is 4.79 Å². The molecule has 0 amide bonds. The zero-order chi connectivity index (χ0) is 13.6. The van der Waals surface area contributed by atoms with Crippen LogP contribution >= 0.6 is 0 Å². The molecule has 0 aromatic rings. The van der Waals surface area contributed by atoms with Crippen molar-refractivity contribution >= 4 is 5.97 Å². The lowest BCUT2D eigenvalue weighted by Gasteiger charge is -2.30. The highest BCUT2D eigenvalue weighted by molar-refractivity contribution is 5.78. The highest BCUT2D eigenvalue weighted by atomic mass is 16.5. The number of aliphatic carboxylic acids is 1. The molecule has 0 spiro atoms. The molecular formula is C14H27NO3. The van der Waals surface area contributed by atoms with Gasteiger partial charge in [0.15, 0.2) is 0 Å². The second-order valence-electron chi connectivity index (χ2n) is 5.64. The van der Waals surface area contributed by atoms with Crippen molar-refractivity contribution in [3.8, 4) is 0 Å². The molecule has 1 aliphatic carbocycles. The first-order valence-corrected chi connectivity index (χ1v) is 7.08. The third-order valence-electron chi connectivity index (χ3n) is 3.89. The summed E-state index contributed by atoms with van der Waals surface area (Å²) in [5, 5.41) is 12.3. The zero-order valence-corrected chi connectivity index (χ0v) is 11.9. The van der Waals surface area contributed by atoms with E-state index in [0.29, 0.717) is 13.0 Å². The maximum Gasteiger partial charge on any atom is 0.323 e. The van der Waals surface area contributed by atoms with Crippen LogP contribution in [0.15, 0.2) is 0 Å². The number of carboxylic acid groups (broad SMARTS) is 1. The maximum atomic E-state index is 11.3. The van der Waals surface area contributed by atoms with E-state index in [2.05, 4.69) is 5.32 Å². The molecule has 0 aromatic carbocycles. The molecule has 0 radical (unpaired) electrons. The summed E-state index contributed by atoms with van der Waals surface area (Å²) in [6, 6.07) is 0. The molecule has 0 heterocycles. The van der Waals surface area contributed by atoms with Gasteiger partial charge >= 0.3 is 5.97 Å². The number of nitrogens with one attached hydrogen (secondary N) is 1. The number of hydrogen-bond donors (Lipinski definition) is 2. The van der Waals surface area contributed by atoms with Crippen LogP contribution in [-0.2, 0) is 9.53 Å². The SMILES string of the molecule is CCNC(C)(CC(C)OCCC1CCC1)C(=O)O.